The molecule has 0 atom stereocenters. The number of esters is 1. The Bertz CT molecular complexity index is 1440. The number of imidazole rings is 1. The number of carbonyl (C=O) groups is 1. The molecule has 0 radical (unpaired) electrons. The van der Waals surface area contributed by atoms with Crippen LogP contribution in [0.25, 0.3) is 22.0 Å². The average molecular weight is 474 g/mol. The number of thiazole rings is 1. The van der Waals surface area contributed by atoms with Gasteiger partial charge in [0.2, 0.25) is 0 Å². The number of halogens is 1. The lowest BCUT2D eigenvalue weighted by atomic mass is 9.99. The molecule has 2 heterocycles. The summed E-state index contributed by atoms with van der Waals surface area (Å²) in [7, 11) is 1.40. The predicted octanol–water partition coefficient (Wildman–Crippen LogP) is 6.24. The van der Waals surface area contributed by atoms with Gasteiger partial charge in [0.05, 0.1) is 29.7 Å². The number of methoxy groups -OCH3 is 1. The van der Waals surface area contributed by atoms with E-state index in [-0.39, 0.29) is 5.97 Å². The molecule has 5 nitrogen and oxygen atoms in total. The molecule has 0 fully saturated rings. The largest absolute Gasteiger partial charge is 0.465 e. The van der Waals surface area contributed by atoms with Crippen molar-refractivity contribution in [2.24, 2.45) is 0 Å². The van der Waals surface area contributed by atoms with Crippen LogP contribution in [0.3, 0.4) is 0 Å². The summed E-state index contributed by atoms with van der Waals surface area (Å²) in [5, 5.41) is 5.63. The minimum Gasteiger partial charge on any atom is -0.465 e. The van der Waals surface area contributed by atoms with E-state index in [1.165, 1.54) is 7.11 Å². The van der Waals surface area contributed by atoms with Crippen molar-refractivity contribution in [1.29, 1.82) is 0 Å². The zero-order chi connectivity index (χ0) is 22.8. The fourth-order valence-corrected chi connectivity index (χ4v) is 4.85. The highest BCUT2D eigenvalue weighted by Crippen LogP contribution is 2.32. The number of ether oxygens (including phenoxy) is 1. The molecule has 3 aromatic carbocycles. The van der Waals surface area contributed by atoms with Crippen LogP contribution in [0.5, 0.6) is 0 Å². The molecule has 164 valence electrons. The fourth-order valence-electron chi connectivity index (χ4n) is 3.92. The lowest BCUT2D eigenvalue weighted by Crippen LogP contribution is -2.03. The third-order valence-electron chi connectivity index (χ3n) is 5.55. The Labute approximate surface area is 200 Å². The van der Waals surface area contributed by atoms with Crippen molar-refractivity contribution in [1.82, 2.24) is 14.5 Å². The van der Waals surface area contributed by atoms with Gasteiger partial charge in [-0.25, -0.2) is 14.8 Å². The van der Waals surface area contributed by atoms with Crippen LogP contribution in [-0.2, 0) is 17.7 Å². The maximum atomic E-state index is 12.2. The summed E-state index contributed by atoms with van der Waals surface area (Å²) in [6.45, 7) is 0.727. The first-order valence-corrected chi connectivity index (χ1v) is 11.7. The van der Waals surface area contributed by atoms with E-state index < -0.39 is 0 Å². The number of aromatic nitrogens is 3. The maximum absolute atomic E-state index is 12.2. The van der Waals surface area contributed by atoms with Crippen molar-refractivity contribution in [3.05, 3.63) is 105 Å². The van der Waals surface area contributed by atoms with Crippen LogP contribution in [-0.4, -0.2) is 27.6 Å². The fraction of sp³-hybridized carbons (Fsp3) is 0.115. The van der Waals surface area contributed by atoms with Crippen molar-refractivity contribution in [2.45, 2.75) is 13.0 Å². The van der Waals surface area contributed by atoms with Crippen LogP contribution in [0.1, 0.15) is 26.6 Å². The summed E-state index contributed by atoms with van der Waals surface area (Å²) in [5.41, 5.74) is 4.70. The Morgan fingerprint density at radius 2 is 1.85 bits per heavy atom. The van der Waals surface area contributed by atoms with Gasteiger partial charge in [-0.1, -0.05) is 54.1 Å². The molecule has 0 aliphatic carbocycles. The molecule has 0 aliphatic heterocycles. The van der Waals surface area contributed by atoms with Gasteiger partial charge in [-0.3, -0.25) is 0 Å². The standard InChI is InChI=1S/C26H20ClN3O2S/c1-32-26(31)23-7-3-4-20-21(23)5-2-6-22(20)24-15-33-25(29-24)12-19-13-28-16-30(19)14-17-8-10-18(27)11-9-17/h2-11,13,15-16H,12,14H2,1H3. The van der Waals surface area contributed by atoms with E-state index in [4.69, 9.17) is 21.3 Å². The number of hydrogen-bond acceptors (Lipinski definition) is 5. The van der Waals surface area contributed by atoms with Crippen molar-refractivity contribution in [2.75, 3.05) is 7.11 Å². The van der Waals surface area contributed by atoms with Crippen molar-refractivity contribution >= 4 is 39.7 Å². The number of nitrogens with zero attached hydrogens (tertiary/aromatic N) is 3. The second-order valence-corrected chi connectivity index (χ2v) is 9.02. The zero-order valence-corrected chi connectivity index (χ0v) is 19.4. The third kappa shape index (κ3) is 4.40. The molecule has 0 aliphatic rings. The number of fused-ring (bicyclic) bond motifs is 1. The van der Waals surface area contributed by atoms with Gasteiger partial charge in [0.25, 0.3) is 0 Å². The maximum Gasteiger partial charge on any atom is 0.338 e. The third-order valence-corrected chi connectivity index (χ3v) is 6.65. The summed E-state index contributed by atoms with van der Waals surface area (Å²) in [5.74, 6) is -0.342. The molecule has 33 heavy (non-hydrogen) atoms. The molecule has 5 aromatic rings. The minimum atomic E-state index is -0.342. The second-order valence-electron chi connectivity index (χ2n) is 7.64. The van der Waals surface area contributed by atoms with Gasteiger partial charge in [0, 0.05) is 40.8 Å². The minimum absolute atomic E-state index is 0.342. The number of carbonyl (C=O) groups excluding carboxylic acids is 1. The quantitative estimate of drug-likeness (QED) is 0.274. The molecular formula is C26H20ClN3O2S. The van der Waals surface area contributed by atoms with E-state index in [0.29, 0.717) is 12.0 Å². The first-order chi connectivity index (χ1) is 16.1. The summed E-state index contributed by atoms with van der Waals surface area (Å²) in [4.78, 5) is 21.4. The van der Waals surface area contributed by atoms with Crippen LogP contribution >= 0.6 is 22.9 Å². The molecular weight excluding hydrogens is 454 g/mol. The highest BCUT2D eigenvalue weighted by Gasteiger charge is 2.15. The Hall–Kier alpha value is -3.48. The molecule has 5 rings (SSSR count). The Morgan fingerprint density at radius 1 is 1.06 bits per heavy atom. The van der Waals surface area contributed by atoms with Crippen LogP contribution < -0.4 is 0 Å². The smallest absolute Gasteiger partial charge is 0.338 e. The number of benzene rings is 3. The van der Waals surface area contributed by atoms with E-state index in [1.54, 1.807) is 17.4 Å². The monoisotopic (exact) mass is 473 g/mol. The van der Waals surface area contributed by atoms with E-state index in [2.05, 4.69) is 14.9 Å². The highest BCUT2D eigenvalue weighted by atomic mass is 35.5. The zero-order valence-electron chi connectivity index (χ0n) is 17.9. The van der Waals surface area contributed by atoms with Gasteiger partial charge >= 0.3 is 5.97 Å². The molecule has 0 bridgehead atoms. The summed E-state index contributed by atoms with van der Waals surface area (Å²) < 4.78 is 7.07. The average Bonchev–Trinajstić information content (AvgIpc) is 3.49. The molecule has 0 spiro atoms. The van der Waals surface area contributed by atoms with Gasteiger partial charge < -0.3 is 9.30 Å². The molecule has 0 unspecified atom stereocenters. The summed E-state index contributed by atoms with van der Waals surface area (Å²) in [6, 6.07) is 19.4. The van der Waals surface area contributed by atoms with E-state index in [0.717, 1.165) is 49.9 Å². The predicted molar refractivity (Wildman–Crippen MR) is 132 cm³/mol. The van der Waals surface area contributed by atoms with Gasteiger partial charge in [0.15, 0.2) is 0 Å². The van der Waals surface area contributed by atoms with Crippen LogP contribution in [0, 0.1) is 0 Å². The number of rotatable bonds is 6. The Morgan fingerprint density at radius 3 is 2.67 bits per heavy atom. The lowest BCUT2D eigenvalue weighted by molar-refractivity contribution is 0.0603. The molecule has 0 amide bonds. The molecule has 0 saturated heterocycles. The van der Waals surface area contributed by atoms with Crippen LogP contribution in [0.2, 0.25) is 5.02 Å². The van der Waals surface area contributed by atoms with Gasteiger partial charge in [0.1, 0.15) is 0 Å². The molecule has 7 heteroatoms. The first kappa shape index (κ1) is 21.4. The van der Waals surface area contributed by atoms with Crippen molar-refractivity contribution < 1.29 is 9.53 Å². The van der Waals surface area contributed by atoms with Crippen LogP contribution in [0.4, 0.5) is 0 Å². The second kappa shape index (κ2) is 9.17. The summed E-state index contributed by atoms with van der Waals surface area (Å²) in [6.07, 6.45) is 4.42. The van der Waals surface area contributed by atoms with E-state index in [9.17, 15) is 4.79 Å². The highest BCUT2D eigenvalue weighted by molar-refractivity contribution is 7.10. The van der Waals surface area contributed by atoms with E-state index >= 15 is 0 Å². The normalized spacial score (nSPS) is 11.1. The van der Waals surface area contributed by atoms with E-state index in [1.807, 2.05) is 67.1 Å². The topological polar surface area (TPSA) is 57.0 Å². The van der Waals surface area contributed by atoms with Gasteiger partial charge in [-0.2, -0.15) is 0 Å². The van der Waals surface area contributed by atoms with Gasteiger partial charge in [-0.15, -0.1) is 11.3 Å². The first-order valence-electron chi connectivity index (χ1n) is 10.4. The number of hydrogen-bond donors (Lipinski definition) is 0. The Kier molecular flexibility index (Phi) is 5.94. The molecule has 0 N–H and O–H groups in total. The van der Waals surface area contributed by atoms with Crippen LogP contribution in [0.15, 0.2) is 78.6 Å². The lowest BCUT2D eigenvalue weighted by Gasteiger charge is -2.08. The summed E-state index contributed by atoms with van der Waals surface area (Å²) >= 11 is 7.63. The van der Waals surface area contributed by atoms with Crippen molar-refractivity contribution in [3.63, 3.8) is 0 Å². The van der Waals surface area contributed by atoms with Gasteiger partial charge in [-0.05, 0) is 34.5 Å². The Balaban J connectivity index is 1.42. The van der Waals surface area contributed by atoms with Crippen molar-refractivity contribution in [3.8, 4) is 11.3 Å². The SMILES string of the molecule is COC(=O)c1cccc2c(-c3csc(Cc4cncn4Cc4ccc(Cl)cc4)n3)cccc12. The molecule has 2 aromatic heterocycles. The molecule has 0 saturated carbocycles.